The lowest BCUT2D eigenvalue weighted by atomic mass is 10.1. The number of benzene rings is 1. The van der Waals surface area contributed by atoms with Gasteiger partial charge in [0.1, 0.15) is 17.7 Å². The van der Waals surface area contributed by atoms with E-state index >= 15 is 0 Å². The topological polar surface area (TPSA) is 69.6 Å². The van der Waals surface area contributed by atoms with Gasteiger partial charge in [0.25, 0.3) is 0 Å². The molecule has 7 nitrogen and oxygen atoms in total. The third kappa shape index (κ3) is 4.39. The second-order valence-electron chi connectivity index (χ2n) is 7.48. The van der Waals surface area contributed by atoms with E-state index in [0.717, 1.165) is 30.1 Å². The van der Waals surface area contributed by atoms with Crippen molar-refractivity contribution in [2.75, 3.05) is 37.6 Å². The zero-order chi connectivity index (χ0) is 20.4. The first-order valence-electron chi connectivity index (χ1n) is 9.89. The van der Waals surface area contributed by atoms with Gasteiger partial charge in [0.05, 0.1) is 0 Å². The number of anilines is 1. The number of amides is 2. The van der Waals surface area contributed by atoms with Crippen molar-refractivity contribution in [2.45, 2.75) is 32.2 Å². The first kappa shape index (κ1) is 19.8. The Hall–Kier alpha value is -2.55. The first-order valence-corrected chi connectivity index (χ1v) is 10.7. The Balaban J connectivity index is 1.41. The Morgan fingerprint density at radius 3 is 2.48 bits per heavy atom. The molecule has 2 amide bonds. The highest BCUT2D eigenvalue weighted by Gasteiger charge is 2.36. The van der Waals surface area contributed by atoms with Crippen molar-refractivity contribution in [1.82, 2.24) is 19.2 Å². The molecule has 2 saturated heterocycles. The van der Waals surface area contributed by atoms with Gasteiger partial charge in [0, 0.05) is 57.6 Å². The molecule has 2 aliphatic heterocycles. The van der Waals surface area contributed by atoms with Crippen molar-refractivity contribution in [1.29, 1.82) is 0 Å². The Bertz CT molecular complexity index is 879. The van der Waals surface area contributed by atoms with Crippen LogP contribution in [0.5, 0.6) is 0 Å². The summed E-state index contributed by atoms with van der Waals surface area (Å²) in [7, 11) is 0. The fourth-order valence-electron chi connectivity index (χ4n) is 3.92. The van der Waals surface area contributed by atoms with Gasteiger partial charge < -0.3 is 14.7 Å². The van der Waals surface area contributed by atoms with E-state index in [1.165, 1.54) is 23.7 Å². The SMILES string of the molecule is CC(=O)N1CCN(C(=O)[C@@H]2CCCN2c2nc(Cc3ccc(F)cc3)ns2)CC1. The van der Waals surface area contributed by atoms with Crippen molar-refractivity contribution < 1.29 is 14.0 Å². The molecule has 1 aromatic heterocycles. The van der Waals surface area contributed by atoms with Crippen LogP contribution in [0.3, 0.4) is 0 Å². The fourth-order valence-corrected chi connectivity index (χ4v) is 4.68. The minimum atomic E-state index is -0.261. The summed E-state index contributed by atoms with van der Waals surface area (Å²) < 4.78 is 17.5. The molecular formula is C20H24FN5O2S. The molecule has 2 aromatic rings. The maximum atomic E-state index is 13.1. The quantitative estimate of drug-likeness (QED) is 0.760. The van der Waals surface area contributed by atoms with E-state index in [4.69, 9.17) is 0 Å². The van der Waals surface area contributed by atoms with E-state index in [2.05, 4.69) is 14.3 Å². The average molecular weight is 418 g/mol. The number of aromatic nitrogens is 2. The van der Waals surface area contributed by atoms with Gasteiger partial charge in [-0.1, -0.05) is 12.1 Å². The number of piperazine rings is 1. The van der Waals surface area contributed by atoms with Crippen LogP contribution in [0.15, 0.2) is 24.3 Å². The molecule has 154 valence electrons. The van der Waals surface area contributed by atoms with E-state index < -0.39 is 0 Å². The maximum Gasteiger partial charge on any atom is 0.245 e. The Morgan fingerprint density at radius 1 is 1.10 bits per heavy atom. The number of carbonyl (C=O) groups is 2. The molecule has 9 heteroatoms. The number of rotatable bonds is 4. The van der Waals surface area contributed by atoms with E-state index in [9.17, 15) is 14.0 Å². The van der Waals surface area contributed by atoms with Gasteiger partial charge in [-0.3, -0.25) is 9.59 Å². The molecule has 0 spiro atoms. The Morgan fingerprint density at radius 2 is 1.79 bits per heavy atom. The summed E-state index contributed by atoms with van der Waals surface area (Å²) in [4.78, 5) is 34.9. The molecule has 0 aliphatic carbocycles. The van der Waals surface area contributed by atoms with Gasteiger partial charge in [0.2, 0.25) is 16.9 Å². The minimum absolute atomic E-state index is 0.0575. The molecule has 3 heterocycles. The highest BCUT2D eigenvalue weighted by molar-refractivity contribution is 7.09. The molecule has 2 fully saturated rings. The standard InChI is InChI=1S/C20H24FN5O2S/c1-14(27)24-9-11-25(12-10-24)19(28)17-3-2-8-26(17)20-22-18(23-29-20)13-15-4-6-16(21)7-5-15/h4-7,17H,2-3,8-13H2,1H3/t17-/m0/s1. The van der Waals surface area contributed by atoms with E-state index in [1.807, 2.05) is 4.90 Å². The van der Waals surface area contributed by atoms with Crippen LogP contribution in [0, 0.1) is 5.82 Å². The number of halogens is 1. The minimum Gasteiger partial charge on any atom is -0.339 e. The van der Waals surface area contributed by atoms with Gasteiger partial charge in [-0.15, -0.1) is 0 Å². The molecule has 29 heavy (non-hydrogen) atoms. The van der Waals surface area contributed by atoms with Crippen LogP contribution in [0.4, 0.5) is 9.52 Å². The largest absolute Gasteiger partial charge is 0.339 e. The summed E-state index contributed by atoms with van der Waals surface area (Å²) in [6.45, 7) is 4.69. The number of nitrogens with zero attached hydrogens (tertiary/aromatic N) is 5. The molecule has 4 rings (SSSR count). The Kier molecular flexibility index (Phi) is 5.75. The van der Waals surface area contributed by atoms with E-state index in [-0.39, 0.29) is 23.7 Å². The van der Waals surface area contributed by atoms with Gasteiger partial charge in [-0.05, 0) is 30.5 Å². The van der Waals surface area contributed by atoms with E-state index in [1.54, 1.807) is 24.0 Å². The van der Waals surface area contributed by atoms with Gasteiger partial charge in [-0.2, -0.15) is 4.37 Å². The summed E-state index contributed by atoms with van der Waals surface area (Å²) in [5.74, 6) is 0.594. The zero-order valence-corrected chi connectivity index (χ0v) is 17.2. The molecule has 2 aliphatic rings. The summed E-state index contributed by atoms with van der Waals surface area (Å²) in [6.07, 6.45) is 2.28. The molecule has 1 atom stereocenters. The van der Waals surface area contributed by atoms with E-state index in [0.29, 0.717) is 38.4 Å². The van der Waals surface area contributed by atoms with Crippen LogP contribution < -0.4 is 4.90 Å². The van der Waals surface area contributed by atoms with Crippen molar-refractivity contribution in [3.05, 3.63) is 41.5 Å². The van der Waals surface area contributed by atoms with Crippen LogP contribution in [-0.2, 0) is 16.0 Å². The van der Waals surface area contributed by atoms with Crippen molar-refractivity contribution in [3.8, 4) is 0 Å². The summed E-state index contributed by atoms with van der Waals surface area (Å²) >= 11 is 1.31. The highest BCUT2D eigenvalue weighted by atomic mass is 32.1. The van der Waals surface area contributed by atoms with Crippen LogP contribution in [0.25, 0.3) is 0 Å². The highest BCUT2D eigenvalue weighted by Crippen LogP contribution is 2.29. The van der Waals surface area contributed by atoms with Crippen LogP contribution in [-0.4, -0.2) is 69.7 Å². The lowest BCUT2D eigenvalue weighted by Gasteiger charge is -2.36. The monoisotopic (exact) mass is 417 g/mol. The predicted octanol–water partition coefficient (Wildman–Crippen LogP) is 1.93. The summed E-state index contributed by atoms with van der Waals surface area (Å²) in [5.41, 5.74) is 0.952. The smallest absolute Gasteiger partial charge is 0.245 e. The summed E-state index contributed by atoms with van der Waals surface area (Å²) in [5, 5.41) is 0.764. The maximum absolute atomic E-state index is 13.1. The van der Waals surface area contributed by atoms with Crippen molar-refractivity contribution >= 4 is 28.5 Å². The second-order valence-corrected chi connectivity index (χ2v) is 8.21. The van der Waals surface area contributed by atoms with Crippen LogP contribution in [0.1, 0.15) is 31.2 Å². The van der Waals surface area contributed by atoms with Crippen LogP contribution >= 0.6 is 11.5 Å². The molecule has 0 bridgehead atoms. The number of carbonyl (C=O) groups excluding carboxylic acids is 2. The van der Waals surface area contributed by atoms with Crippen molar-refractivity contribution in [3.63, 3.8) is 0 Å². The molecule has 1 aromatic carbocycles. The van der Waals surface area contributed by atoms with Gasteiger partial charge >= 0.3 is 0 Å². The molecule has 0 saturated carbocycles. The normalized spacial score (nSPS) is 19.7. The van der Waals surface area contributed by atoms with Gasteiger partial charge in [-0.25, -0.2) is 9.37 Å². The zero-order valence-electron chi connectivity index (χ0n) is 16.4. The molecule has 0 unspecified atom stereocenters. The molecule has 0 radical (unpaired) electrons. The molecular weight excluding hydrogens is 393 g/mol. The lowest BCUT2D eigenvalue weighted by molar-refractivity contribution is -0.139. The molecule has 0 N–H and O–H groups in total. The lowest BCUT2D eigenvalue weighted by Crippen LogP contribution is -2.54. The van der Waals surface area contributed by atoms with Gasteiger partial charge in [0.15, 0.2) is 0 Å². The predicted molar refractivity (Wildman–Crippen MR) is 108 cm³/mol. The second kappa shape index (κ2) is 8.44. The Labute approximate surface area is 173 Å². The third-order valence-electron chi connectivity index (χ3n) is 5.55. The summed E-state index contributed by atoms with van der Waals surface area (Å²) in [6, 6.07) is 6.12. The fraction of sp³-hybridized carbons (Fsp3) is 0.500. The first-order chi connectivity index (χ1) is 14.0. The van der Waals surface area contributed by atoms with Crippen molar-refractivity contribution in [2.24, 2.45) is 0 Å². The average Bonchev–Trinajstić information content (AvgIpc) is 3.38. The number of hydrogen-bond acceptors (Lipinski definition) is 6. The number of hydrogen-bond donors (Lipinski definition) is 0. The van der Waals surface area contributed by atoms with Crippen LogP contribution in [0.2, 0.25) is 0 Å². The third-order valence-corrected chi connectivity index (χ3v) is 6.34.